The molecule has 0 amide bonds. The van der Waals surface area contributed by atoms with Crippen LogP contribution in [0, 0.1) is 0 Å². The number of aromatic nitrogens is 3. The molecule has 12 heavy (non-hydrogen) atoms. The van der Waals surface area contributed by atoms with E-state index in [1.54, 1.807) is 0 Å². The average molecular weight is 220 g/mol. The fraction of sp³-hybridized carbons (Fsp3) is 0. The molecule has 0 aliphatic carbocycles. The zero-order valence-corrected chi connectivity index (χ0v) is 9.54. The summed E-state index contributed by atoms with van der Waals surface area (Å²) >= 11 is 5.21. The summed E-state index contributed by atoms with van der Waals surface area (Å²) in [6, 6.07) is 0. The Kier molecular flexibility index (Phi) is 4.53. The van der Waals surface area contributed by atoms with Crippen LogP contribution in [-0.2, 0) is 10.1 Å². The Hall–Kier alpha value is 0.210. The van der Waals surface area contributed by atoms with Crippen molar-refractivity contribution < 1.29 is 44.0 Å². The number of hydrogen-bond donors (Lipinski definition) is 1. The second kappa shape index (κ2) is 4.45. The minimum atomic E-state index is -4.37. The molecule has 0 saturated carbocycles. The van der Waals surface area contributed by atoms with Gasteiger partial charge in [0.1, 0.15) is 6.33 Å². The van der Waals surface area contributed by atoms with Gasteiger partial charge in [-0.05, 0) is 11.6 Å². The predicted octanol–water partition coefficient (Wildman–Crippen LogP) is -3.11. The van der Waals surface area contributed by atoms with Crippen molar-refractivity contribution in [3.05, 3.63) is 11.6 Å². The van der Waals surface area contributed by atoms with Crippen LogP contribution in [0.2, 0.25) is 5.28 Å². The van der Waals surface area contributed by atoms with Crippen LogP contribution >= 0.6 is 11.6 Å². The van der Waals surface area contributed by atoms with Crippen LogP contribution in [0.4, 0.5) is 0 Å². The fourth-order valence-corrected chi connectivity index (χ4v) is 0.943. The van der Waals surface area contributed by atoms with E-state index in [0.717, 1.165) is 6.33 Å². The number of nitrogens with zero attached hydrogens (tertiary/aromatic N) is 3. The van der Waals surface area contributed by atoms with Crippen molar-refractivity contribution >= 4 is 21.7 Å². The van der Waals surface area contributed by atoms with Gasteiger partial charge in [-0.3, -0.25) is 4.55 Å². The quantitative estimate of drug-likeness (QED) is 0.397. The van der Waals surface area contributed by atoms with E-state index in [1.165, 1.54) is 0 Å². The maximum absolute atomic E-state index is 10.3. The van der Waals surface area contributed by atoms with E-state index < -0.39 is 15.3 Å². The summed E-state index contributed by atoms with van der Waals surface area (Å²) in [5.41, 5.74) is 0. The molecule has 0 spiro atoms. The van der Waals surface area contributed by atoms with E-state index >= 15 is 0 Å². The number of rotatable bonds is 1. The summed E-state index contributed by atoms with van der Waals surface area (Å²) < 4.78 is 29.0. The standard InChI is InChI=1S/C3H2ClN3O3S.Na.H/c4-2-5-1-6-3(7-2)11(8,9)10;;/h1H,(H,8,9,10);;/q;+1;-1. The molecule has 6 nitrogen and oxygen atoms in total. The van der Waals surface area contributed by atoms with E-state index in [-0.39, 0.29) is 36.3 Å². The zero-order valence-electron chi connectivity index (χ0n) is 6.97. The van der Waals surface area contributed by atoms with Gasteiger partial charge in [0.2, 0.25) is 5.28 Å². The first-order chi connectivity index (χ1) is 5.00. The summed E-state index contributed by atoms with van der Waals surface area (Å²) in [5, 5.41) is -1.04. The molecule has 1 N–H and O–H groups in total. The smallest absolute Gasteiger partial charge is 1.00 e. The van der Waals surface area contributed by atoms with E-state index in [1.807, 2.05) is 0 Å². The van der Waals surface area contributed by atoms with Crippen molar-refractivity contribution in [2.24, 2.45) is 0 Å². The Morgan fingerprint density at radius 3 is 2.42 bits per heavy atom. The maximum Gasteiger partial charge on any atom is 1.00 e. The van der Waals surface area contributed by atoms with E-state index in [4.69, 9.17) is 16.2 Å². The molecule has 9 heteroatoms. The molecule has 1 rings (SSSR count). The minimum Gasteiger partial charge on any atom is -1.00 e. The molecule has 0 atom stereocenters. The number of hydrogen-bond acceptors (Lipinski definition) is 5. The molecule has 0 aromatic carbocycles. The second-order valence-corrected chi connectivity index (χ2v) is 3.17. The van der Waals surface area contributed by atoms with Gasteiger partial charge in [-0.1, -0.05) is 0 Å². The third kappa shape index (κ3) is 3.30. The van der Waals surface area contributed by atoms with Crippen LogP contribution in [0.1, 0.15) is 1.43 Å². The van der Waals surface area contributed by atoms with Crippen LogP contribution in [0.15, 0.2) is 11.5 Å². The maximum atomic E-state index is 10.3. The SMILES string of the molecule is O=S(=O)(O)c1ncnc(Cl)n1.[H-].[Na+]. The summed E-state index contributed by atoms with van der Waals surface area (Å²) in [6.07, 6.45) is 0.887. The van der Waals surface area contributed by atoms with Crippen LogP contribution in [0.5, 0.6) is 0 Å². The van der Waals surface area contributed by atoms with Crippen molar-refractivity contribution in [1.29, 1.82) is 0 Å². The summed E-state index contributed by atoms with van der Waals surface area (Å²) in [5.74, 6) is 0. The molecule has 0 bridgehead atoms. The zero-order chi connectivity index (χ0) is 8.48. The molecule has 0 aliphatic heterocycles. The molecule has 1 aromatic heterocycles. The topological polar surface area (TPSA) is 93.0 Å². The first kappa shape index (κ1) is 12.2. The van der Waals surface area contributed by atoms with Gasteiger partial charge in [-0.15, -0.1) is 0 Å². The molecule has 1 aromatic rings. The Bertz CT molecular complexity index is 374. The van der Waals surface area contributed by atoms with Crippen molar-refractivity contribution in [2.45, 2.75) is 5.16 Å². The Morgan fingerprint density at radius 2 is 2.08 bits per heavy atom. The van der Waals surface area contributed by atoms with Gasteiger partial charge in [0, 0.05) is 0 Å². The Balaban J connectivity index is 0. The number of halogens is 1. The van der Waals surface area contributed by atoms with Gasteiger partial charge in [-0.2, -0.15) is 13.4 Å². The molecule has 0 radical (unpaired) electrons. The summed E-state index contributed by atoms with van der Waals surface area (Å²) in [4.78, 5) is 9.64. The Labute approximate surface area is 96.9 Å². The summed E-state index contributed by atoms with van der Waals surface area (Å²) in [6.45, 7) is 0. The molecule has 62 valence electrons. The van der Waals surface area contributed by atoms with Gasteiger partial charge >= 0.3 is 39.7 Å². The van der Waals surface area contributed by atoms with Gasteiger partial charge in [0.25, 0.3) is 5.16 Å². The molecule has 0 fully saturated rings. The van der Waals surface area contributed by atoms with Crippen molar-refractivity contribution in [1.82, 2.24) is 15.0 Å². The van der Waals surface area contributed by atoms with Gasteiger partial charge in [0.05, 0.1) is 0 Å². The van der Waals surface area contributed by atoms with Gasteiger partial charge < -0.3 is 1.43 Å². The molecule has 0 unspecified atom stereocenters. The van der Waals surface area contributed by atoms with Crippen LogP contribution in [0.3, 0.4) is 0 Å². The van der Waals surface area contributed by atoms with Crippen LogP contribution in [0.25, 0.3) is 0 Å². The van der Waals surface area contributed by atoms with Gasteiger partial charge in [-0.25, -0.2) is 9.97 Å². The second-order valence-electron chi connectivity index (χ2n) is 1.51. The fourth-order valence-electron chi connectivity index (χ4n) is 0.387. The van der Waals surface area contributed by atoms with Crippen molar-refractivity contribution in [3.63, 3.8) is 0 Å². The van der Waals surface area contributed by atoms with E-state index in [0.29, 0.717) is 0 Å². The molecule has 0 saturated heterocycles. The minimum absolute atomic E-state index is 0. The van der Waals surface area contributed by atoms with Gasteiger partial charge in [0.15, 0.2) is 0 Å². The summed E-state index contributed by atoms with van der Waals surface area (Å²) in [7, 11) is -4.37. The third-order valence-corrected chi connectivity index (χ3v) is 1.59. The predicted molar refractivity (Wildman–Crippen MR) is 35.8 cm³/mol. The first-order valence-electron chi connectivity index (χ1n) is 2.32. The third-order valence-electron chi connectivity index (χ3n) is 0.751. The van der Waals surface area contributed by atoms with E-state index in [2.05, 4.69) is 15.0 Å². The Morgan fingerprint density at radius 1 is 1.50 bits per heavy atom. The molecular weight excluding hydrogens is 217 g/mol. The molecule has 0 aliphatic rings. The monoisotopic (exact) mass is 219 g/mol. The average Bonchev–Trinajstić information content (AvgIpc) is 1.86. The normalized spacial score (nSPS) is 10.5. The molecular formula is C3H3ClN3NaO3S. The van der Waals surface area contributed by atoms with Crippen molar-refractivity contribution in [3.8, 4) is 0 Å². The molecule has 1 heterocycles. The van der Waals surface area contributed by atoms with Crippen LogP contribution in [-0.4, -0.2) is 27.9 Å². The largest absolute Gasteiger partial charge is 1.00 e. The first-order valence-corrected chi connectivity index (χ1v) is 4.14. The van der Waals surface area contributed by atoms with Crippen LogP contribution < -0.4 is 29.6 Å². The van der Waals surface area contributed by atoms with Crippen molar-refractivity contribution in [2.75, 3.05) is 0 Å². The van der Waals surface area contributed by atoms with E-state index in [9.17, 15) is 8.42 Å².